The monoisotopic (exact) mass is 539 g/mol. The molecule has 0 spiro atoms. The molecule has 3 rings (SSSR count). The Kier molecular flexibility index (Phi) is 10.3. The molecular weight excluding hydrogens is 506 g/mol. The number of amides is 2. The minimum atomic E-state index is -0.682. The van der Waals surface area contributed by atoms with Gasteiger partial charge in [0.05, 0.1) is 24.0 Å². The third-order valence-corrected chi connectivity index (χ3v) is 6.44. The lowest BCUT2D eigenvalue weighted by atomic mass is 10.2. The summed E-state index contributed by atoms with van der Waals surface area (Å²) >= 11 is 1.21. The molecule has 1 atom stereocenters. The number of nitrogens with one attached hydrogen (secondary N) is 2. The normalized spacial score (nSPS) is 11.6. The second kappa shape index (κ2) is 13.6. The summed E-state index contributed by atoms with van der Waals surface area (Å²) < 4.78 is 12.6. The second-order valence-electron chi connectivity index (χ2n) is 8.80. The molecule has 38 heavy (non-hydrogen) atoms. The van der Waals surface area contributed by atoms with Crippen LogP contribution in [-0.4, -0.2) is 50.5 Å². The molecule has 0 aliphatic carbocycles. The van der Waals surface area contributed by atoms with Crippen molar-refractivity contribution in [1.29, 1.82) is 0 Å². The van der Waals surface area contributed by atoms with Gasteiger partial charge in [0.2, 0.25) is 5.91 Å². The van der Waals surface area contributed by atoms with Gasteiger partial charge in [-0.1, -0.05) is 36.9 Å². The molecule has 0 aliphatic rings. The summed E-state index contributed by atoms with van der Waals surface area (Å²) in [5.74, 6) is 0.261. The maximum atomic E-state index is 12.5. The van der Waals surface area contributed by atoms with Crippen molar-refractivity contribution in [2.75, 3.05) is 11.1 Å². The van der Waals surface area contributed by atoms with Crippen molar-refractivity contribution >= 4 is 35.2 Å². The smallest absolute Gasteiger partial charge is 0.338 e. The van der Waals surface area contributed by atoms with Crippen molar-refractivity contribution in [1.82, 2.24) is 20.1 Å². The highest BCUT2D eigenvalue weighted by molar-refractivity contribution is 7.99. The highest BCUT2D eigenvalue weighted by Crippen LogP contribution is 2.18. The lowest BCUT2D eigenvalue weighted by molar-refractivity contribution is -0.127. The molecule has 202 valence electrons. The van der Waals surface area contributed by atoms with Crippen molar-refractivity contribution in [2.24, 2.45) is 7.05 Å². The summed E-state index contributed by atoms with van der Waals surface area (Å²) in [6, 6.07) is 14.2. The van der Waals surface area contributed by atoms with Crippen LogP contribution in [0.15, 0.2) is 53.7 Å². The van der Waals surface area contributed by atoms with Gasteiger partial charge in [-0.25, -0.2) is 4.79 Å². The lowest BCUT2D eigenvalue weighted by Crippen LogP contribution is -2.36. The minimum Gasteiger partial charge on any atom is -0.481 e. The molecule has 10 nitrogen and oxygen atoms in total. The summed E-state index contributed by atoms with van der Waals surface area (Å²) in [6.45, 7) is 7.47. The fourth-order valence-corrected chi connectivity index (χ4v) is 4.06. The molecule has 0 fully saturated rings. The van der Waals surface area contributed by atoms with Crippen molar-refractivity contribution in [3.63, 3.8) is 0 Å². The topological polar surface area (TPSA) is 124 Å². The zero-order chi connectivity index (χ0) is 27.7. The zero-order valence-corrected chi connectivity index (χ0v) is 23.0. The van der Waals surface area contributed by atoms with Crippen LogP contribution in [0.5, 0.6) is 5.75 Å². The maximum absolute atomic E-state index is 12.5. The molecule has 0 saturated heterocycles. The van der Waals surface area contributed by atoms with Crippen LogP contribution in [0.3, 0.4) is 0 Å². The average Bonchev–Trinajstić information content (AvgIpc) is 3.25. The van der Waals surface area contributed by atoms with Gasteiger partial charge in [0, 0.05) is 12.7 Å². The number of aryl methyl sites for hydroxylation is 1. The standard InChI is InChI=1S/C27H33N5O5S/c1-6-19-10-12-22(13-11-19)37-18(4)25(34)28-15-23-30-31-27(32(23)5)38-16-24(33)29-21-9-7-8-20(14-21)26(35)36-17(2)3/h7-14,17-18H,6,15-16H2,1-5H3,(H,28,34)(H,29,33)/t18-/m1/s1. The number of hydrogen-bond donors (Lipinski definition) is 2. The van der Waals surface area contributed by atoms with E-state index in [-0.39, 0.29) is 30.2 Å². The van der Waals surface area contributed by atoms with E-state index in [1.165, 1.54) is 17.3 Å². The summed E-state index contributed by atoms with van der Waals surface area (Å²) in [5, 5.41) is 14.3. The number of carbonyl (C=O) groups is 3. The van der Waals surface area contributed by atoms with E-state index < -0.39 is 12.1 Å². The summed E-state index contributed by atoms with van der Waals surface area (Å²) in [4.78, 5) is 37.0. The van der Waals surface area contributed by atoms with Crippen molar-refractivity contribution < 1.29 is 23.9 Å². The van der Waals surface area contributed by atoms with Crippen molar-refractivity contribution in [2.45, 2.75) is 58.0 Å². The SMILES string of the molecule is CCc1ccc(O[C@H](C)C(=O)NCc2nnc(SCC(=O)Nc3cccc(C(=O)OC(C)C)c3)n2C)cc1. The molecule has 3 aromatic rings. The van der Waals surface area contributed by atoms with E-state index in [1.54, 1.807) is 56.7 Å². The van der Waals surface area contributed by atoms with Crippen molar-refractivity contribution in [3.8, 4) is 5.75 Å². The predicted octanol–water partition coefficient (Wildman–Crippen LogP) is 3.76. The van der Waals surface area contributed by atoms with Gasteiger partial charge in [0.15, 0.2) is 17.1 Å². The van der Waals surface area contributed by atoms with Crippen LogP contribution in [0.2, 0.25) is 0 Å². The first-order chi connectivity index (χ1) is 18.2. The summed E-state index contributed by atoms with van der Waals surface area (Å²) in [7, 11) is 1.76. The Hall–Kier alpha value is -3.86. The van der Waals surface area contributed by atoms with E-state index in [4.69, 9.17) is 9.47 Å². The highest BCUT2D eigenvalue weighted by Gasteiger charge is 2.17. The lowest BCUT2D eigenvalue weighted by Gasteiger charge is -2.15. The maximum Gasteiger partial charge on any atom is 0.338 e. The molecule has 0 unspecified atom stereocenters. The number of thioether (sulfide) groups is 1. The largest absolute Gasteiger partial charge is 0.481 e. The van der Waals surface area contributed by atoms with Gasteiger partial charge in [-0.2, -0.15) is 0 Å². The minimum absolute atomic E-state index is 0.0840. The van der Waals surface area contributed by atoms with Crippen LogP contribution in [0.1, 0.15) is 49.4 Å². The first kappa shape index (κ1) is 28.7. The van der Waals surface area contributed by atoms with Gasteiger partial charge in [-0.3, -0.25) is 9.59 Å². The van der Waals surface area contributed by atoms with Crippen LogP contribution in [0.4, 0.5) is 5.69 Å². The Balaban J connectivity index is 1.47. The van der Waals surface area contributed by atoms with E-state index in [0.29, 0.717) is 28.0 Å². The van der Waals surface area contributed by atoms with Crippen molar-refractivity contribution in [3.05, 3.63) is 65.5 Å². The van der Waals surface area contributed by atoms with Crippen LogP contribution < -0.4 is 15.4 Å². The first-order valence-electron chi connectivity index (χ1n) is 12.3. The fraction of sp³-hybridized carbons (Fsp3) is 0.370. The number of benzene rings is 2. The molecule has 11 heteroatoms. The number of nitrogens with zero attached hydrogens (tertiary/aromatic N) is 3. The Morgan fingerprint density at radius 3 is 2.47 bits per heavy atom. The number of aromatic nitrogens is 3. The van der Waals surface area contributed by atoms with E-state index in [1.807, 2.05) is 24.3 Å². The molecule has 0 bridgehead atoms. The zero-order valence-electron chi connectivity index (χ0n) is 22.2. The van der Waals surface area contributed by atoms with Crippen LogP contribution in [0, 0.1) is 0 Å². The van der Waals surface area contributed by atoms with Crippen LogP contribution in [-0.2, 0) is 34.3 Å². The first-order valence-corrected chi connectivity index (χ1v) is 13.3. The Bertz CT molecular complexity index is 1260. The summed E-state index contributed by atoms with van der Waals surface area (Å²) in [6.07, 6.45) is 0.0181. The third kappa shape index (κ3) is 8.34. The van der Waals surface area contributed by atoms with E-state index in [2.05, 4.69) is 27.8 Å². The van der Waals surface area contributed by atoms with E-state index in [9.17, 15) is 14.4 Å². The Morgan fingerprint density at radius 1 is 1.05 bits per heavy atom. The quantitative estimate of drug-likeness (QED) is 0.263. The third-order valence-electron chi connectivity index (χ3n) is 5.42. The molecular formula is C27H33N5O5S. The van der Waals surface area contributed by atoms with Gasteiger partial charge in [0.25, 0.3) is 5.91 Å². The molecule has 0 radical (unpaired) electrons. The van der Waals surface area contributed by atoms with Crippen LogP contribution in [0.25, 0.3) is 0 Å². The predicted molar refractivity (Wildman–Crippen MR) is 145 cm³/mol. The number of carbonyl (C=O) groups excluding carboxylic acids is 3. The number of ether oxygens (including phenoxy) is 2. The van der Waals surface area contributed by atoms with Gasteiger partial charge in [0.1, 0.15) is 5.75 Å². The molecule has 1 heterocycles. The van der Waals surface area contributed by atoms with Gasteiger partial charge < -0.3 is 24.7 Å². The Labute approximate surface area is 226 Å². The average molecular weight is 540 g/mol. The molecule has 0 aliphatic heterocycles. The highest BCUT2D eigenvalue weighted by atomic mass is 32.2. The molecule has 1 aromatic heterocycles. The number of anilines is 1. The fourth-order valence-electron chi connectivity index (χ4n) is 3.33. The van der Waals surface area contributed by atoms with E-state index >= 15 is 0 Å². The molecule has 2 amide bonds. The molecule has 2 aromatic carbocycles. The number of rotatable bonds is 12. The van der Waals surface area contributed by atoms with Gasteiger partial charge in [-0.05, 0) is 63.1 Å². The summed E-state index contributed by atoms with van der Waals surface area (Å²) in [5.41, 5.74) is 2.05. The molecule has 0 saturated carbocycles. The Morgan fingerprint density at radius 2 is 1.79 bits per heavy atom. The molecule has 2 N–H and O–H groups in total. The van der Waals surface area contributed by atoms with E-state index in [0.717, 1.165) is 6.42 Å². The number of esters is 1. The van der Waals surface area contributed by atoms with Gasteiger partial charge >= 0.3 is 5.97 Å². The second-order valence-corrected chi connectivity index (χ2v) is 9.75. The van der Waals surface area contributed by atoms with Gasteiger partial charge in [-0.15, -0.1) is 10.2 Å². The van der Waals surface area contributed by atoms with Crippen LogP contribution >= 0.6 is 11.8 Å². The number of hydrogen-bond acceptors (Lipinski definition) is 8.